The third-order valence-electron chi connectivity index (χ3n) is 4.45. The molecular formula is C16H22FN4O2+. The van der Waals surface area contributed by atoms with Gasteiger partial charge >= 0.3 is 0 Å². The lowest BCUT2D eigenvalue weighted by molar-refractivity contribution is -0.678. The van der Waals surface area contributed by atoms with Gasteiger partial charge in [0.1, 0.15) is 5.82 Å². The van der Waals surface area contributed by atoms with E-state index in [0.29, 0.717) is 19.6 Å². The van der Waals surface area contributed by atoms with Crippen LogP contribution in [0.2, 0.25) is 0 Å². The van der Waals surface area contributed by atoms with Crippen LogP contribution in [0, 0.1) is 5.82 Å². The standard InChI is InChI=1S/C16H21FN4O2/c17-12-1-3-13(4-2-12)20-7-9-21(10-8-20)15(22)11-14-16(23)19-6-5-18-14/h1-4,14,18H,5-11H2,(H,19,23)/p+1/t14-/m0/s1. The third-order valence-corrected chi connectivity index (χ3v) is 4.45. The van der Waals surface area contributed by atoms with Crippen LogP contribution >= 0.6 is 0 Å². The van der Waals surface area contributed by atoms with E-state index in [1.807, 2.05) is 10.2 Å². The van der Waals surface area contributed by atoms with Crippen LogP contribution in [-0.4, -0.2) is 62.0 Å². The maximum atomic E-state index is 13.0. The maximum Gasteiger partial charge on any atom is 0.278 e. The van der Waals surface area contributed by atoms with E-state index < -0.39 is 0 Å². The van der Waals surface area contributed by atoms with Gasteiger partial charge in [-0.05, 0) is 24.3 Å². The van der Waals surface area contributed by atoms with E-state index in [2.05, 4.69) is 10.2 Å². The van der Waals surface area contributed by atoms with Crippen LogP contribution in [0.25, 0.3) is 0 Å². The molecule has 2 heterocycles. The van der Waals surface area contributed by atoms with Crippen LogP contribution in [0.15, 0.2) is 24.3 Å². The van der Waals surface area contributed by atoms with Gasteiger partial charge in [-0.2, -0.15) is 0 Å². The average molecular weight is 321 g/mol. The van der Waals surface area contributed by atoms with Gasteiger partial charge in [0.25, 0.3) is 5.91 Å². The second kappa shape index (κ2) is 6.95. The number of carbonyl (C=O) groups is 2. The van der Waals surface area contributed by atoms with Crippen LogP contribution in [0.3, 0.4) is 0 Å². The van der Waals surface area contributed by atoms with Crippen molar-refractivity contribution >= 4 is 17.5 Å². The molecule has 2 aliphatic rings. The molecule has 2 saturated heterocycles. The Labute approximate surface area is 134 Å². The zero-order valence-corrected chi connectivity index (χ0v) is 13.0. The number of anilines is 1. The molecule has 2 fully saturated rings. The fourth-order valence-electron chi connectivity index (χ4n) is 3.08. The number of nitrogens with one attached hydrogen (secondary N) is 1. The zero-order valence-electron chi connectivity index (χ0n) is 13.0. The highest BCUT2D eigenvalue weighted by Gasteiger charge is 2.31. The average Bonchev–Trinajstić information content (AvgIpc) is 2.58. The minimum absolute atomic E-state index is 0.0297. The smallest absolute Gasteiger partial charge is 0.278 e. The molecule has 0 radical (unpaired) electrons. The molecule has 0 saturated carbocycles. The Balaban J connectivity index is 1.51. The van der Waals surface area contributed by atoms with Gasteiger partial charge in [0.05, 0.1) is 19.5 Å². The molecule has 1 aromatic carbocycles. The van der Waals surface area contributed by atoms with E-state index >= 15 is 0 Å². The fraction of sp³-hybridized carbons (Fsp3) is 0.500. The van der Waals surface area contributed by atoms with E-state index in [1.54, 1.807) is 12.1 Å². The van der Waals surface area contributed by atoms with Crippen molar-refractivity contribution in [2.75, 3.05) is 44.2 Å². The monoisotopic (exact) mass is 321 g/mol. The van der Waals surface area contributed by atoms with Crippen molar-refractivity contribution in [3.8, 4) is 0 Å². The van der Waals surface area contributed by atoms with Crippen LogP contribution in [0.4, 0.5) is 10.1 Å². The highest BCUT2D eigenvalue weighted by molar-refractivity contribution is 5.87. The number of nitrogens with two attached hydrogens (primary N) is 1. The minimum Gasteiger partial charge on any atom is -0.368 e. The van der Waals surface area contributed by atoms with Crippen LogP contribution in [0.1, 0.15) is 6.42 Å². The Morgan fingerprint density at radius 2 is 1.91 bits per heavy atom. The van der Waals surface area contributed by atoms with E-state index in [4.69, 9.17) is 0 Å². The summed E-state index contributed by atoms with van der Waals surface area (Å²) < 4.78 is 13.0. The van der Waals surface area contributed by atoms with E-state index in [1.165, 1.54) is 12.1 Å². The highest BCUT2D eigenvalue weighted by atomic mass is 19.1. The van der Waals surface area contributed by atoms with Gasteiger partial charge in [-0.15, -0.1) is 0 Å². The predicted octanol–water partition coefficient (Wildman–Crippen LogP) is -1.07. The number of nitrogens with zero attached hydrogens (tertiary/aromatic N) is 2. The SMILES string of the molecule is O=C1NCC[NH2+][C@H]1CC(=O)N1CCN(c2ccc(F)cc2)CC1. The molecule has 2 amide bonds. The molecule has 0 spiro atoms. The van der Waals surface area contributed by atoms with Crippen LogP contribution in [0.5, 0.6) is 0 Å². The van der Waals surface area contributed by atoms with Crippen molar-refractivity contribution in [3.63, 3.8) is 0 Å². The van der Waals surface area contributed by atoms with E-state index in [0.717, 1.165) is 25.3 Å². The second-order valence-electron chi connectivity index (χ2n) is 5.97. The lowest BCUT2D eigenvalue weighted by atomic mass is 10.1. The van der Waals surface area contributed by atoms with Crippen molar-refractivity contribution in [1.29, 1.82) is 0 Å². The normalized spacial score (nSPS) is 22.0. The summed E-state index contributed by atoms with van der Waals surface area (Å²) in [7, 11) is 0. The van der Waals surface area contributed by atoms with Crippen molar-refractivity contribution < 1.29 is 19.3 Å². The summed E-state index contributed by atoms with van der Waals surface area (Å²) in [6.45, 7) is 4.19. The molecule has 0 unspecified atom stereocenters. The largest absolute Gasteiger partial charge is 0.368 e. The number of piperazine rings is 2. The van der Waals surface area contributed by atoms with Crippen molar-refractivity contribution in [2.45, 2.75) is 12.5 Å². The number of rotatable bonds is 3. The summed E-state index contributed by atoms with van der Waals surface area (Å²) in [4.78, 5) is 28.0. The van der Waals surface area contributed by atoms with Gasteiger partial charge in [0, 0.05) is 31.9 Å². The minimum atomic E-state index is -0.300. The molecule has 0 bridgehead atoms. The first-order chi connectivity index (χ1) is 11.1. The lowest BCUT2D eigenvalue weighted by Crippen LogP contribution is -2.96. The molecule has 6 nitrogen and oxygen atoms in total. The Bertz CT molecular complexity index is 570. The number of quaternary nitrogens is 1. The van der Waals surface area contributed by atoms with Crippen molar-refractivity contribution in [2.24, 2.45) is 0 Å². The van der Waals surface area contributed by atoms with Crippen molar-refractivity contribution in [1.82, 2.24) is 10.2 Å². The second-order valence-corrected chi connectivity index (χ2v) is 5.97. The third kappa shape index (κ3) is 3.79. The van der Waals surface area contributed by atoms with Crippen LogP contribution < -0.4 is 15.5 Å². The molecule has 23 heavy (non-hydrogen) atoms. The Morgan fingerprint density at radius 1 is 1.22 bits per heavy atom. The number of carbonyl (C=O) groups excluding carboxylic acids is 2. The number of halogens is 1. The first-order valence-corrected chi connectivity index (χ1v) is 8.03. The van der Waals surface area contributed by atoms with Crippen LogP contribution in [-0.2, 0) is 9.59 Å². The first-order valence-electron chi connectivity index (χ1n) is 8.03. The molecule has 1 aromatic rings. The van der Waals surface area contributed by atoms with Gasteiger partial charge < -0.3 is 20.4 Å². The number of hydrogen-bond acceptors (Lipinski definition) is 3. The van der Waals surface area contributed by atoms with Gasteiger partial charge in [-0.25, -0.2) is 4.39 Å². The fourth-order valence-corrected chi connectivity index (χ4v) is 3.08. The summed E-state index contributed by atoms with van der Waals surface area (Å²) in [5, 5.41) is 4.73. The van der Waals surface area contributed by atoms with Gasteiger partial charge in [0.2, 0.25) is 5.91 Å². The quantitative estimate of drug-likeness (QED) is 0.745. The van der Waals surface area contributed by atoms with Gasteiger partial charge in [-0.3, -0.25) is 9.59 Å². The number of benzene rings is 1. The maximum absolute atomic E-state index is 13.0. The summed E-state index contributed by atoms with van der Waals surface area (Å²) in [6.07, 6.45) is 0.252. The molecular weight excluding hydrogens is 299 g/mol. The Kier molecular flexibility index (Phi) is 4.76. The van der Waals surface area contributed by atoms with Gasteiger partial charge in [-0.1, -0.05) is 0 Å². The Morgan fingerprint density at radius 3 is 2.57 bits per heavy atom. The summed E-state index contributed by atoms with van der Waals surface area (Å²) in [5.41, 5.74) is 0.971. The lowest BCUT2D eigenvalue weighted by Gasteiger charge is -2.36. The first kappa shape index (κ1) is 15.7. The number of amides is 2. The topological polar surface area (TPSA) is 69.3 Å². The molecule has 0 aliphatic carbocycles. The predicted molar refractivity (Wildman–Crippen MR) is 83.4 cm³/mol. The van der Waals surface area contributed by atoms with Gasteiger partial charge in [0.15, 0.2) is 6.04 Å². The van der Waals surface area contributed by atoms with E-state index in [-0.39, 0.29) is 30.1 Å². The van der Waals surface area contributed by atoms with Crippen molar-refractivity contribution in [3.05, 3.63) is 30.1 Å². The summed E-state index contributed by atoms with van der Waals surface area (Å²) >= 11 is 0. The number of hydrogen-bond donors (Lipinski definition) is 2. The highest BCUT2D eigenvalue weighted by Crippen LogP contribution is 2.17. The Hall–Kier alpha value is -2.15. The zero-order chi connectivity index (χ0) is 16.2. The summed E-state index contributed by atoms with van der Waals surface area (Å²) in [5.74, 6) is -0.263. The van der Waals surface area contributed by atoms with E-state index in [9.17, 15) is 14.0 Å². The molecule has 0 aromatic heterocycles. The molecule has 124 valence electrons. The molecule has 3 rings (SSSR count). The molecule has 1 atom stereocenters. The molecule has 2 aliphatic heterocycles. The molecule has 7 heteroatoms. The molecule has 3 N–H and O–H groups in total. The summed E-state index contributed by atoms with van der Waals surface area (Å²) in [6, 6.07) is 6.11.